The minimum atomic E-state index is -0.361. The number of H-pyrrole nitrogens is 1. The minimum absolute atomic E-state index is 0.164. The third kappa shape index (κ3) is 2.93. The number of aromatic amines is 1. The molecule has 5 rings (SSSR count). The van der Waals surface area contributed by atoms with Crippen molar-refractivity contribution in [1.82, 2.24) is 19.6 Å². The standard InChI is InChI=1S/C23H20N4O2/c28-22-19(17-12-7-13-24-14-17)23(29)27-21(25-22)18(15-8-3-1-4-9-15)20(26-27)16-10-5-2-6-11-16/h2,5-8,10-14,29H,1,3-4,9H2,(H,25,28). The number of rotatable bonds is 3. The average molecular weight is 384 g/mol. The van der Waals surface area contributed by atoms with Gasteiger partial charge in [-0.1, -0.05) is 42.5 Å². The summed E-state index contributed by atoms with van der Waals surface area (Å²) < 4.78 is 1.44. The zero-order chi connectivity index (χ0) is 19.8. The predicted octanol–water partition coefficient (Wildman–Crippen LogP) is 4.41. The average Bonchev–Trinajstić information content (AvgIpc) is 3.15. The number of pyridine rings is 1. The molecule has 2 N–H and O–H groups in total. The van der Waals surface area contributed by atoms with Crippen molar-refractivity contribution in [2.45, 2.75) is 25.7 Å². The SMILES string of the molecule is O=c1[nH]c2c(C3=CCCCC3)c(-c3ccccc3)nn2c(O)c1-c1cccnc1. The van der Waals surface area contributed by atoms with Gasteiger partial charge in [-0.2, -0.15) is 9.61 Å². The number of hydrogen-bond acceptors (Lipinski definition) is 4. The first kappa shape index (κ1) is 17.4. The van der Waals surface area contributed by atoms with Crippen molar-refractivity contribution >= 4 is 11.2 Å². The van der Waals surface area contributed by atoms with Gasteiger partial charge in [0.2, 0.25) is 5.88 Å². The third-order valence-corrected chi connectivity index (χ3v) is 5.38. The Morgan fingerprint density at radius 3 is 2.55 bits per heavy atom. The van der Waals surface area contributed by atoms with Crippen LogP contribution in [0.1, 0.15) is 31.2 Å². The molecule has 144 valence electrons. The van der Waals surface area contributed by atoms with Gasteiger partial charge in [0.25, 0.3) is 5.56 Å². The Morgan fingerprint density at radius 1 is 1.00 bits per heavy atom. The summed E-state index contributed by atoms with van der Waals surface area (Å²) in [6.07, 6.45) is 9.60. The highest BCUT2D eigenvalue weighted by atomic mass is 16.3. The highest BCUT2D eigenvalue weighted by Gasteiger charge is 2.24. The van der Waals surface area contributed by atoms with Gasteiger partial charge in [0.1, 0.15) is 16.9 Å². The van der Waals surface area contributed by atoms with Crippen LogP contribution in [0.5, 0.6) is 5.88 Å². The van der Waals surface area contributed by atoms with Crippen molar-refractivity contribution < 1.29 is 5.11 Å². The van der Waals surface area contributed by atoms with E-state index < -0.39 is 0 Å². The Morgan fingerprint density at radius 2 is 1.83 bits per heavy atom. The highest BCUT2D eigenvalue weighted by Crippen LogP contribution is 2.37. The number of nitrogens with zero attached hydrogens (tertiary/aromatic N) is 3. The van der Waals surface area contributed by atoms with Gasteiger partial charge in [-0.05, 0) is 37.3 Å². The predicted molar refractivity (Wildman–Crippen MR) is 113 cm³/mol. The second kappa shape index (κ2) is 7.05. The lowest BCUT2D eigenvalue weighted by Crippen LogP contribution is -2.13. The molecule has 1 aliphatic carbocycles. The fraction of sp³-hybridized carbons (Fsp3) is 0.174. The summed E-state index contributed by atoms with van der Waals surface area (Å²) in [4.78, 5) is 20.0. The molecule has 0 spiro atoms. The van der Waals surface area contributed by atoms with Crippen molar-refractivity contribution in [3.05, 3.63) is 76.9 Å². The number of benzene rings is 1. The van der Waals surface area contributed by atoms with Crippen molar-refractivity contribution in [2.75, 3.05) is 0 Å². The Kier molecular flexibility index (Phi) is 4.24. The molecule has 0 bridgehead atoms. The molecule has 6 heteroatoms. The van der Waals surface area contributed by atoms with Crippen LogP contribution in [0.15, 0.2) is 65.7 Å². The van der Waals surface area contributed by atoms with Crippen LogP contribution in [0.2, 0.25) is 0 Å². The van der Waals surface area contributed by atoms with Crippen molar-refractivity contribution in [1.29, 1.82) is 0 Å². The second-order valence-electron chi connectivity index (χ2n) is 7.22. The van der Waals surface area contributed by atoms with E-state index in [0.29, 0.717) is 11.2 Å². The number of aromatic hydroxyl groups is 1. The molecule has 0 unspecified atom stereocenters. The molecule has 6 nitrogen and oxygen atoms in total. The molecule has 1 aliphatic rings. The lowest BCUT2D eigenvalue weighted by molar-refractivity contribution is 0.437. The molecule has 1 aromatic carbocycles. The fourth-order valence-corrected chi connectivity index (χ4v) is 4.00. The van der Waals surface area contributed by atoms with Crippen LogP contribution in [0.3, 0.4) is 0 Å². The second-order valence-corrected chi connectivity index (χ2v) is 7.22. The van der Waals surface area contributed by atoms with Gasteiger partial charge in [0.05, 0.1) is 0 Å². The van der Waals surface area contributed by atoms with E-state index in [1.165, 1.54) is 4.52 Å². The summed E-state index contributed by atoms with van der Waals surface area (Å²) in [7, 11) is 0. The zero-order valence-electron chi connectivity index (χ0n) is 15.8. The van der Waals surface area contributed by atoms with Gasteiger partial charge in [-0.3, -0.25) is 9.78 Å². The molecule has 4 aromatic rings. The molecule has 0 atom stereocenters. The molecular weight excluding hydrogens is 364 g/mol. The smallest absolute Gasteiger partial charge is 0.262 e. The number of hydrogen-bond donors (Lipinski definition) is 2. The maximum Gasteiger partial charge on any atom is 0.262 e. The van der Waals surface area contributed by atoms with E-state index in [4.69, 9.17) is 5.10 Å². The summed E-state index contributed by atoms with van der Waals surface area (Å²) in [6, 6.07) is 13.3. The summed E-state index contributed by atoms with van der Waals surface area (Å²) in [5.74, 6) is -0.184. The molecule has 0 aliphatic heterocycles. The maximum atomic E-state index is 12.9. The maximum absolute atomic E-state index is 12.9. The van der Waals surface area contributed by atoms with E-state index in [9.17, 15) is 9.90 Å². The van der Waals surface area contributed by atoms with Crippen molar-refractivity contribution in [3.63, 3.8) is 0 Å². The largest absolute Gasteiger partial charge is 0.493 e. The van der Waals surface area contributed by atoms with Crippen molar-refractivity contribution in [2.24, 2.45) is 0 Å². The molecule has 0 radical (unpaired) electrons. The summed E-state index contributed by atoms with van der Waals surface area (Å²) in [5.41, 5.74) is 4.62. The minimum Gasteiger partial charge on any atom is -0.493 e. The van der Waals surface area contributed by atoms with E-state index in [1.807, 2.05) is 30.3 Å². The summed E-state index contributed by atoms with van der Waals surface area (Å²) >= 11 is 0. The zero-order valence-corrected chi connectivity index (χ0v) is 15.8. The summed E-state index contributed by atoms with van der Waals surface area (Å²) in [5, 5.41) is 15.7. The number of aromatic nitrogens is 4. The first-order valence-electron chi connectivity index (χ1n) is 9.77. The van der Waals surface area contributed by atoms with E-state index in [1.54, 1.807) is 24.5 Å². The molecule has 3 heterocycles. The Bertz CT molecular complexity index is 1270. The molecule has 0 amide bonds. The quantitative estimate of drug-likeness (QED) is 0.548. The van der Waals surface area contributed by atoms with Crippen LogP contribution in [0, 0.1) is 0 Å². The fourth-order valence-electron chi connectivity index (χ4n) is 4.00. The molecule has 29 heavy (non-hydrogen) atoms. The van der Waals surface area contributed by atoms with Gasteiger partial charge in [-0.25, -0.2) is 0 Å². The highest BCUT2D eigenvalue weighted by molar-refractivity contribution is 5.88. The van der Waals surface area contributed by atoms with Gasteiger partial charge < -0.3 is 10.1 Å². The Labute approximate surface area is 167 Å². The number of nitrogens with one attached hydrogen (secondary N) is 1. The number of fused-ring (bicyclic) bond motifs is 1. The van der Waals surface area contributed by atoms with E-state index in [2.05, 4.69) is 16.0 Å². The Balaban J connectivity index is 1.84. The van der Waals surface area contributed by atoms with Gasteiger partial charge in [-0.15, -0.1) is 0 Å². The van der Waals surface area contributed by atoms with Crippen LogP contribution >= 0.6 is 0 Å². The van der Waals surface area contributed by atoms with Gasteiger partial charge in [0, 0.05) is 29.1 Å². The summed E-state index contributed by atoms with van der Waals surface area (Å²) in [6.45, 7) is 0. The monoisotopic (exact) mass is 384 g/mol. The molecule has 0 saturated carbocycles. The number of allylic oxidation sites excluding steroid dienone is 2. The van der Waals surface area contributed by atoms with Crippen LogP contribution in [-0.2, 0) is 0 Å². The normalized spacial score (nSPS) is 14.1. The van der Waals surface area contributed by atoms with Crippen LogP contribution in [0.4, 0.5) is 0 Å². The molecule has 3 aromatic heterocycles. The van der Waals surface area contributed by atoms with E-state index >= 15 is 0 Å². The molecule has 0 fully saturated rings. The first-order chi connectivity index (χ1) is 14.2. The van der Waals surface area contributed by atoms with Crippen LogP contribution < -0.4 is 5.56 Å². The molecular formula is C23H20N4O2. The van der Waals surface area contributed by atoms with Gasteiger partial charge >= 0.3 is 0 Å². The van der Waals surface area contributed by atoms with Crippen LogP contribution in [0.25, 0.3) is 33.6 Å². The van der Waals surface area contributed by atoms with Crippen LogP contribution in [-0.4, -0.2) is 24.7 Å². The molecule has 0 saturated heterocycles. The third-order valence-electron chi connectivity index (χ3n) is 5.38. The Hall–Kier alpha value is -3.67. The van der Waals surface area contributed by atoms with Crippen molar-refractivity contribution in [3.8, 4) is 28.3 Å². The lowest BCUT2D eigenvalue weighted by atomic mass is 9.92. The topological polar surface area (TPSA) is 83.3 Å². The van der Waals surface area contributed by atoms with E-state index in [-0.39, 0.29) is 17.0 Å². The van der Waals surface area contributed by atoms with E-state index in [0.717, 1.165) is 48.1 Å². The lowest BCUT2D eigenvalue weighted by Gasteiger charge is -2.13. The van der Waals surface area contributed by atoms with Gasteiger partial charge in [0.15, 0.2) is 0 Å². The first-order valence-corrected chi connectivity index (χ1v) is 9.77.